The Kier molecular flexibility index (Phi) is 15.0. The first-order chi connectivity index (χ1) is 30.3. The van der Waals surface area contributed by atoms with Gasteiger partial charge >= 0.3 is 11.8 Å². The maximum absolute atomic E-state index is 14.8. The summed E-state index contributed by atoms with van der Waals surface area (Å²) in [4.78, 5) is 53.2. The lowest BCUT2D eigenvalue weighted by Gasteiger charge is -2.38. The van der Waals surface area contributed by atoms with Crippen LogP contribution in [-0.2, 0) is 23.8 Å². The molecule has 1 fully saturated rings. The molecule has 5 heterocycles. The number of methoxy groups -OCH3 is 1. The van der Waals surface area contributed by atoms with Gasteiger partial charge in [-0.1, -0.05) is 78.5 Å². The lowest BCUT2D eigenvalue weighted by Crippen LogP contribution is -2.47. The molecule has 1 amide bonds. The molecule has 0 aliphatic carbocycles. The van der Waals surface area contributed by atoms with E-state index in [2.05, 4.69) is 22.1 Å². The summed E-state index contributed by atoms with van der Waals surface area (Å²) in [5, 5.41) is 50.8. The van der Waals surface area contributed by atoms with Crippen molar-refractivity contribution >= 4 is 34.1 Å². The molecule has 5 N–H and O–H groups in total. The standard InChI is InChI=1S/C49H68N4O11/c1-11-12-13-14-15-22-53-23-20-49(21-24-53)51-37-34-35-42(57)31(7)45-36(34)46(59)48(9,64-45)62-25-19-33(61-10)28(4)44(63-32(8)54)30(6)41(56)29(5)40(55)26(2)17-16-18-27(3)47(60)50-39(43(35)58)38(37)52-49/h16-19,25-26,28-30,33,40-41,44,51,55-58H,11-15,20-24H2,1-10H3/b17-16-,25-19-,27-18-,50-39?. The number of esters is 1. The summed E-state index contributed by atoms with van der Waals surface area (Å²) in [6.07, 6.45) is 11.0. The fourth-order valence-corrected chi connectivity index (χ4v) is 9.70. The van der Waals surface area contributed by atoms with Crippen molar-refractivity contribution in [1.29, 1.82) is 0 Å². The van der Waals surface area contributed by atoms with Crippen molar-refractivity contribution in [2.45, 2.75) is 143 Å². The normalized spacial score (nSPS) is 31.6. The molecule has 2 aromatic carbocycles. The molecule has 15 nitrogen and oxygen atoms in total. The fourth-order valence-electron chi connectivity index (χ4n) is 9.70. The third kappa shape index (κ3) is 9.45. The van der Waals surface area contributed by atoms with E-state index in [0.717, 1.165) is 26.1 Å². The van der Waals surface area contributed by atoms with Crippen molar-refractivity contribution in [3.8, 4) is 17.2 Å². The molecule has 350 valence electrons. The van der Waals surface area contributed by atoms with Crippen LogP contribution >= 0.6 is 0 Å². The Labute approximate surface area is 375 Å². The smallest absolute Gasteiger partial charge is 0.312 e. The van der Waals surface area contributed by atoms with Gasteiger partial charge in [0.1, 0.15) is 34.0 Å². The molecule has 0 aromatic heterocycles. The number of allylic oxidation sites excluding steroid dienone is 2. The molecule has 0 radical (unpaired) electrons. The van der Waals surface area contributed by atoms with Gasteiger partial charge in [0, 0.05) is 87.1 Å². The highest BCUT2D eigenvalue weighted by atomic mass is 16.7. The zero-order chi connectivity index (χ0) is 46.8. The van der Waals surface area contributed by atoms with E-state index < -0.39 is 82.9 Å². The Balaban J connectivity index is 1.50. The maximum Gasteiger partial charge on any atom is 0.312 e. The van der Waals surface area contributed by atoms with E-state index in [-0.39, 0.29) is 49.7 Å². The Bertz CT molecular complexity index is 2330. The minimum Gasteiger partial charge on any atom is -0.507 e. The number of carbonyl (C=O) groups excluding carboxylic acids is 3. The Morgan fingerprint density at radius 2 is 1.62 bits per heavy atom. The number of fused-ring (bicyclic) bond motifs is 13. The zero-order valence-electron chi connectivity index (χ0n) is 39.1. The van der Waals surface area contributed by atoms with Crippen molar-refractivity contribution in [1.82, 2.24) is 4.90 Å². The number of likely N-dealkylation sites (tertiary alicyclic amines) is 1. The summed E-state index contributed by atoms with van der Waals surface area (Å²) >= 11 is 0. The summed E-state index contributed by atoms with van der Waals surface area (Å²) in [6, 6.07) is 0. The molecule has 15 heteroatoms. The van der Waals surface area contributed by atoms with Crippen LogP contribution in [0.3, 0.4) is 0 Å². The first-order valence-corrected chi connectivity index (χ1v) is 22.9. The van der Waals surface area contributed by atoms with Crippen molar-refractivity contribution in [3.63, 3.8) is 0 Å². The second-order valence-electron chi connectivity index (χ2n) is 18.5. The van der Waals surface area contributed by atoms with Gasteiger partial charge in [-0.2, -0.15) is 0 Å². The van der Waals surface area contributed by atoms with E-state index in [0.29, 0.717) is 18.5 Å². The largest absolute Gasteiger partial charge is 0.507 e. The van der Waals surface area contributed by atoms with Crippen LogP contribution in [0.2, 0.25) is 0 Å². The third-order valence-electron chi connectivity index (χ3n) is 13.9. The molecule has 9 unspecified atom stereocenters. The number of phenols is 2. The lowest BCUT2D eigenvalue weighted by atomic mass is 9.78. The van der Waals surface area contributed by atoms with Gasteiger partial charge in [0.05, 0.1) is 41.2 Å². The number of nitrogens with one attached hydrogen (secondary N) is 1. The third-order valence-corrected chi connectivity index (χ3v) is 13.9. The number of anilines is 1. The molecule has 1 spiro atoms. The average molecular weight is 889 g/mol. The number of aliphatic hydroxyl groups excluding tert-OH is 2. The van der Waals surface area contributed by atoms with Gasteiger partial charge < -0.3 is 49.6 Å². The van der Waals surface area contributed by atoms with Crippen molar-refractivity contribution in [2.75, 3.05) is 32.1 Å². The molecule has 7 rings (SSSR count). The average Bonchev–Trinajstić information content (AvgIpc) is 3.76. The number of hydrogen-bond donors (Lipinski definition) is 5. The number of amides is 1. The molecule has 5 aliphatic heterocycles. The predicted octanol–water partition coefficient (Wildman–Crippen LogP) is 6.06. The zero-order valence-corrected chi connectivity index (χ0v) is 39.1. The van der Waals surface area contributed by atoms with Gasteiger partial charge in [-0.15, -0.1) is 0 Å². The van der Waals surface area contributed by atoms with Crippen LogP contribution in [0.15, 0.2) is 46.1 Å². The van der Waals surface area contributed by atoms with E-state index >= 15 is 0 Å². The number of Topliss-reactive ketones (excluding diaryl/α,β-unsaturated/α-hetero) is 1. The highest BCUT2D eigenvalue weighted by molar-refractivity contribution is 6.21. The van der Waals surface area contributed by atoms with E-state index in [9.17, 15) is 34.8 Å². The number of ketones is 1. The van der Waals surface area contributed by atoms with Crippen molar-refractivity contribution < 1.29 is 53.8 Å². The van der Waals surface area contributed by atoms with Crippen LogP contribution in [0.5, 0.6) is 17.2 Å². The minimum absolute atomic E-state index is 0.0601. The van der Waals surface area contributed by atoms with Crippen molar-refractivity contribution in [2.24, 2.45) is 33.7 Å². The molecule has 5 bridgehead atoms. The van der Waals surface area contributed by atoms with Gasteiger partial charge in [0.25, 0.3) is 11.7 Å². The molecular weight excluding hydrogens is 821 g/mol. The number of phenolic OH excluding ortho intramolecular Hbond substituents is 2. The summed E-state index contributed by atoms with van der Waals surface area (Å²) < 4.78 is 24.1. The molecule has 5 aliphatic rings. The number of hydrogen-bond acceptors (Lipinski definition) is 14. The number of rotatable bonds is 8. The number of benzene rings is 2. The molecule has 1 saturated heterocycles. The molecule has 64 heavy (non-hydrogen) atoms. The quantitative estimate of drug-likeness (QED) is 0.116. The van der Waals surface area contributed by atoms with Crippen LogP contribution in [0.1, 0.15) is 116 Å². The number of aromatic hydroxyl groups is 2. The highest BCUT2D eigenvalue weighted by Gasteiger charge is 2.51. The summed E-state index contributed by atoms with van der Waals surface area (Å²) in [7, 11) is 1.47. The number of carbonyl (C=O) groups is 3. The molecular formula is C49H68N4O11. The van der Waals surface area contributed by atoms with Gasteiger partial charge in [0.15, 0.2) is 5.75 Å². The number of unbranched alkanes of at least 4 members (excludes halogenated alkanes) is 4. The Morgan fingerprint density at radius 1 is 0.938 bits per heavy atom. The number of ether oxygens (including phenoxy) is 4. The van der Waals surface area contributed by atoms with Crippen LogP contribution in [0.25, 0.3) is 10.8 Å². The summed E-state index contributed by atoms with van der Waals surface area (Å²) in [5.74, 6) is -7.00. The van der Waals surface area contributed by atoms with Crippen LogP contribution in [0.4, 0.5) is 5.69 Å². The molecule has 0 saturated carbocycles. The predicted molar refractivity (Wildman–Crippen MR) is 242 cm³/mol. The van der Waals surface area contributed by atoms with Gasteiger partial charge in [-0.05, 0) is 32.9 Å². The van der Waals surface area contributed by atoms with Crippen LogP contribution < -0.4 is 20.8 Å². The summed E-state index contributed by atoms with van der Waals surface area (Å²) in [5.41, 5.74) is -0.0797. The second kappa shape index (κ2) is 19.7. The van der Waals surface area contributed by atoms with Crippen molar-refractivity contribution in [3.05, 3.63) is 58.0 Å². The summed E-state index contributed by atoms with van der Waals surface area (Å²) in [6.45, 7) is 17.6. The van der Waals surface area contributed by atoms with Crippen LogP contribution in [0, 0.1) is 30.6 Å². The van der Waals surface area contributed by atoms with E-state index in [1.54, 1.807) is 65.8 Å². The van der Waals surface area contributed by atoms with Gasteiger partial charge in [-0.25, -0.2) is 4.99 Å². The minimum atomic E-state index is -1.95. The topological polar surface area (TPSA) is 209 Å². The maximum atomic E-state index is 14.8. The van der Waals surface area contributed by atoms with E-state index in [1.807, 2.05) is 0 Å². The highest BCUT2D eigenvalue weighted by Crippen LogP contribution is 2.51. The number of aliphatic hydroxyl groups is 2. The van der Waals surface area contributed by atoms with E-state index in [1.165, 1.54) is 52.9 Å². The number of piperidine rings is 1. The van der Waals surface area contributed by atoms with Gasteiger partial charge in [0.2, 0.25) is 0 Å². The molecule has 9 atom stereocenters. The molecule has 2 aromatic rings. The Hall–Kier alpha value is -4.83. The van der Waals surface area contributed by atoms with Crippen LogP contribution in [-0.4, -0.2) is 106 Å². The SMILES string of the molecule is CCCCCCCN1CCC2(CC1)N=c1c(c3c4c5c(C)c(O)c3c(O)c1=NC(=O)/C(C)=C\C=C/C(C)C(O)C(C)C(O)C(C)C(OC(C)=O)C(C)C(OC)/C=C\OC(C)(O5)C4=O)N2. The fraction of sp³-hybridized carbons (Fsp3) is 0.612. The second-order valence-corrected chi connectivity index (χ2v) is 18.5. The lowest BCUT2D eigenvalue weighted by molar-refractivity contribution is -0.160. The monoisotopic (exact) mass is 888 g/mol. The van der Waals surface area contributed by atoms with E-state index in [4.69, 9.17) is 23.9 Å². The van der Waals surface area contributed by atoms with Gasteiger partial charge in [-0.3, -0.25) is 19.4 Å². The number of nitrogens with zero attached hydrogens (tertiary/aromatic N) is 3. The first kappa shape index (κ1) is 48.6. The first-order valence-electron chi connectivity index (χ1n) is 22.9. The Morgan fingerprint density at radius 3 is 2.28 bits per heavy atom.